The minimum atomic E-state index is 1.05. The molecule has 2 aliphatic rings. The van der Waals surface area contributed by atoms with E-state index in [2.05, 4.69) is 75.1 Å². The fraction of sp³-hybridized carbons (Fsp3) is 0.379. The molecule has 3 aromatic carbocycles. The van der Waals surface area contributed by atoms with E-state index in [0.717, 1.165) is 45.3 Å². The predicted octanol–water partition coefficient (Wildman–Crippen LogP) is 6.80. The van der Waals surface area contributed by atoms with Gasteiger partial charge in [-0.1, -0.05) is 70.2 Å². The summed E-state index contributed by atoms with van der Waals surface area (Å²) in [6, 6.07) is 16.1. The van der Waals surface area contributed by atoms with Crippen LogP contribution in [0.3, 0.4) is 0 Å². The topological polar surface area (TPSA) is 3.24 Å². The van der Waals surface area contributed by atoms with E-state index < -0.39 is 0 Å². The van der Waals surface area contributed by atoms with Crippen molar-refractivity contribution in [1.29, 1.82) is 0 Å². The van der Waals surface area contributed by atoms with Gasteiger partial charge < -0.3 is 0 Å². The highest BCUT2D eigenvalue weighted by Crippen LogP contribution is 2.52. The zero-order valence-corrected chi connectivity index (χ0v) is 18.9. The average molecular weight is 396 g/mol. The molecule has 30 heavy (non-hydrogen) atoms. The second kappa shape index (κ2) is 7.71. The van der Waals surface area contributed by atoms with Crippen LogP contribution in [0.25, 0.3) is 22.3 Å². The fourth-order valence-corrected chi connectivity index (χ4v) is 6.03. The van der Waals surface area contributed by atoms with Crippen molar-refractivity contribution in [3.8, 4) is 22.3 Å². The lowest BCUT2D eigenvalue weighted by molar-refractivity contribution is 0.296. The Balaban J connectivity index is 1.79. The van der Waals surface area contributed by atoms with Crippen molar-refractivity contribution in [3.05, 3.63) is 81.4 Å². The minimum absolute atomic E-state index is 1.05. The van der Waals surface area contributed by atoms with Crippen LogP contribution in [0.4, 0.5) is 0 Å². The Hall–Kier alpha value is -2.38. The van der Waals surface area contributed by atoms with Crippen molar-refractivity contribution >= 4 is 0 Å². The first-order chi connectivity index (χ1) is 14.7. The van der Waals surface area contributed by atoms with E-state index in [-0.39, 0.29) is 0 Å². The third-order valence-corrected chi connectivity index (χ3v) is 7.44. The quantitative estimate of drug-likeness (QED) is 0.306. The van der Waals surface area contributed by atoms with E-state index in [1.165, 1.54) is 22.3 Å². The lowest BCUT2D eigenvalue weighted by atomic mass is 9.84. The van der Waals surface area contributed by atoms with Crippen LogP contribution in [0, 0.1) is 0 Å². The van der Waals surface area contributed by atoms with Crippen molar-refractivity contribution in [2.75, 3.05) is 13.1 Å². The van der Waals surface area contributed by atoms with Gasteiger partial charge in [0.15, 0.2) is 0 Å². The number of benzene rings is 3. The molecule has 0 spiro atoms. The lowest BCUT2D eigenvalue weighted by Crippen LogP contribution is -2.22. The van der Waals surface area contributed by atoms with E-state index in [9.17, 15) is 0 Å². The molecule has 0 aromatic heterocycles. The first kappa shape index (κ1) is 19.6. The molecule has 0 N–H and O–H groups in total. The molecule has 0 atom stereocenters. The van der Waals surface area contributed by atoms with Gasteiger partial charge in [-0.15, -0.1) is 0 Å². The van der Waals surface area contributed by atoms with Gasteiger partial charge in [-0.3, -0.25) is 4.90 Å². The zero-order chi connectivity index (χ0) is 20.8. The highest BCUT2D eigenvalue weighted by molar-refractivity contribution is 5.93. The molecule has 5 rings (SSSR count). The Labute approximate surface area is 181 Å². The second-order valence-electron chi connectivity index (χ2n) is 8.79. The third-order valence-electron chi connectivity index (χ3n) is 7.44. The summed E-state index contributed by atoms with van der Waals surface area (Å²) in [5.74, 6) is 0. The van der Waals surface area contributed by atoms with E-state index in [1.54, 1.807) is 38.9 Å². The molecule has 0 saturated carbocycles. The molecule has 0 saturated heterocycles. The normalized spacial score (nSPS) is 13.4. The Morgan fingerprint density at radius 2 is 1.37 bits per heavy atom. The van der Waals surface area contributed by atoms with Crippen LogP contribution in [-0.2, 0) is 32.2 Å². The van der Waals surface area contributed by atoms with Gasteiger partial charge >= 0.3 is 0 Å². The van der Waals surface area contributed by atoms with Crippen molar-refractivity contribution in [1.82, 2.24) is 4.90 Å². The van der Waals surface area contributed by atoms with Crippen molar-refractivity contribution in [2.24, 2.45) is 0 Å². The Kier molecular flexibility index (Phi) is 5.03. The van der Waals surface area contributed by atoms with Gasteiger partial charge in [-0.05, 0) is 100.0 Å². The Bertz CT molecular complexity index is 1120. The second-order valence-corrected chi connectivity index (χ2v) is 8.79. The molecule has 2 aliphatic carbocycles. The Morgan fingerprint density at radius 3 is 2.10 bits per heavy atom. The highest BCUT2D eigenvalue weighted by Gasteiger charge is 2.33. The zero-order valence-electron chi connectivity index (χ0n) is 18.9. The van der Waals surface area contributed by atoms with E-state index in [0.29, 0.717) is 0 Å². The summed E-state index contributed by atoms with van der Waals surface area (Å²) in [5, 5.41) is 0. The van der Waals surface area contributed by atoms with Crippen LogP contribution in [0.15, 0.2) is 42.5 Å². The number of hydrogen-bond acceptors (Lipinski definition) is 1. The van der Waals surface area contributed by atoms with Crippen LogP contribution in [-0.4, -0.2) is 18.0 Å². The number of nitrogens with zero attached hydrogens (tertiary/aromatic N) is 1. The fourth-order valence-electron chi connectivity index (χ4n) is 6.03. The van der Waals surface area contributed by atoms with Crippen molar-refractivity contribution in [2.45, 2.75) is 59.9 Å². The number of fused-ring (bicyclic) bond motifs is 7. The van der Waals surface area contributed by atoms with Gasteiger partial charge in [0.25, 0.3) is 0 Å². The van der Waals surface area contributed by atoms with Crippen LogP contribution in [0.1, 0.15) is 66.6 Å². The van der Waals surface area contributed by atoms with Crippen LogP contribution < -0.4 is 0 Å². The minimum Gasteiger partial charge on any atom is -0.300 e. The van der Waals surface area contributed by atoms with Gasteiger partial charge in [-0.25, -0.2) is 0 Å². The summed E-state index contributed by atoms with van der Waals surface area (Å²) >= 11 is 0. The smallest absolute Gasteiger partial charge is 0.0239 e. The standard InChI is InChI=1S/C29H33N/c1-5-22-23(6-2)28-24-15-10-9-12-19(24)16-26(28)29-25(22)17-20-13-11-14-21(27(20)29)18-30(7-3)8-4/h9-15H,5-8,16-18H2,1-4H3. The van der Waals surface area contributed by atoms with Gasteiger partial charge in [0.1, 0.15) is 0 Å². The van der Waals surface area contributed by atoms with Crippen LogP contribution >= 0.6 is 0 Å². The average Bonchev–Trinajstić information content (AvgIpc) is 3.35. The summed E-state index contributed by atoms with van der Waals surface area (Å²) in [6.45, 7) is 12.5. The molecule has 0 aliphatic heterocycles. The van der Waals surface area contributed by atoms with Gasteiger partial charge in [-0.2, -0.15) is 0 Å². The van der Waals surface area contributed by atoms with E-state index >= 15 is 0 Å². The maximum Gasteiger partial charge on any atom is 0.0239 e. The molecular formula is C29H33N. The summed E-state index contributed by atoms with van der Waals surface area (Å²) < 4.78 is 0. The van der Waals surface area contributed by atoms with Gasteiger partial charge in [0, 0.05) is 6.54 Å². The monoisotopic (exact) mass is 395 g/mol. The molecule has 0 amide bonds. The largest absolute Gasteiger partial charge is 0.300 e. The van der Waals surface area contributed by atoms with E-state index in [1.807, 2.05) is 0 Å². The molecule has 3 aromatic rings. The van der Waals surface area contributed by atoms with Crippen LogP contribution in [0.2, 0.25) is 0 Å². The Morgan fingerprint density at radius 1 is 0.667 bits per heavy atom. The molecular weight excluding hydrogens is 362 g/mol. The lowest BCUT2D eigenvalue weighted by Gasteiger charge is -2.23. The number of hydrogen-bond donors (Lipinski definition) is 0. The van der Waals surface area contributed by atoms with Gasteiger partial charge in [0.05, 0.1) is 0 Å². The van der Waals surface area contributed by atoms with Crippen LogP contribution in [0.5, 0.6) is 0 Å². The molecule has 154 valence electrons. The summed E-state index contributed by atoms with van der Waals surface area (Å²) in [7, 11) is 0. The first-order valence-corrected chi connectivity index (χ1v) is 11.8. The van der Waals surface area contributed by atoms with E-state index in [4.69, 9.17) is 0 Å². The van der Waals surface area contributed by atoms with Gasteiger partial charge in [0.2, 0.25) is 0 Å². The molecule has 0 heterocycles. The number of rotatable bonds is 6. The molecule has 0 unspecified atom stereocenters. The third kappa shape index (κ3) is 2.79. The summed E-state index contributed by atoms with van der Waals surface area (Å²) in [5.41, 5.74) is 17.2. The summed E-state index contributed by atoms with van der Waals surface area (Å²) in [4.78, 5) is 2.55. The maximum atomic E-state index is 2.55. The molecule has 0 fully saturated rings. The first-order valence-electron chi connectivity index (χ1n) is 11.8. The van der Waals surface area contributed by atoms with Crippen molar-refractivity contribution < 1.29 is 0 Å². The molecule has 0 radical (unpaired) electrons. The highest BCUT2D eigenvalue weighted by atomic mass is 15.1. The molecule has 1 heteroatoms. The van der Waals surface area contributed by atoms with Crippen molar-refractivity contribution in [3.63, 3.8) is 0 Å². The molecule has 1 nitrogen and oxygen atoms in total. The molecule has 0 bridgehead atoms. The maximum absolute atomic E-state index is 2.55. The SMILES string of the molecule is CCc1c(CC)c2c(c3c1Cc1cccc(CN(CC)CC)c1-3)Cc1ccccc1-2. The predicted molar refractivity (Wildman–Crippen MR) is 128 cm³/mol. The summed E-state index contributed by atoms with van der Waals surface area (Å²) in [6.07, 6.45) is 4.44.